The van der Waals surface area contributed by atoms with E-state index in [1.807, 2.05) is 42.2 Å². The Morgan fingerprint density at radius 2 is 2.00 bits per heavy atom. The number of urea groups is 1. The Hall–Kier alpha value is -2.51. The van der Waals surface area contributed by atoms with Gasteiger partial charge in [0.15, 0.2) is 5.13 Å². The van der Waals surface area contributed by atoms with Crippen LogP contribution in [-0.4, -0.2) is 49.2 Å². The molecule has 1 fully saturated rings. The van der Waals surface area contributed by atoms with Crippen molar-refractivity contribution in [3.63, 3.8) is 0 Å². The van der Waals surface area contributed by atoms with Gasteiger partial charge in [0.05, 0.1) is 22.3 Å². The molecule has 8 heteroatoms. The Balaban J connectivity index is 1.41. The summed E-state index contributed by atoms with van der Waals surface area (Å²) in [4.78, 5) is 21.4. The van der Waals surface area contributed by atoms with E-state index >= 15 is 0 Å². The zero-order valence-electron chi connectivity index (χ0n) is 15.7. The highest BCUT2D eigenvalue weighted by molar-refractivity contribution is 7.22. The Bertz CT molecular complexity index is 976. The zero-order chi connectivity index (χ0) is 19.7. The monoisotopic (exact) mass is 416 g/mol. The van der Waals surface area contributed by atoms with E-state index in [-0.39, 0.29) is 6.03 Å². The molecule has 3 aromatic rings. The zero-order valence-corrected chi connectivity index (χ0v) is 17.3. The SMILES string of the molecule is COc1cccc(NC(=O)N2CCN(c3nc4c(C)ccc(Cl)c4s3)CC2)c1. The minimum absolute atomic E-state index is 0.101. The summed E-state index contributed by atoms with van der Waals surface area (Å²) in [5.41, 5.74) is 2.81. The maximum Gasteiger partial charge on any atom is 0.321 e. The van der Waals surface area contributed by atoms with Gasteiger partial charge < -0.3 is 19.9 Å². The van der Waals surface area contributed by atoms with Gasteiger partial charge in [-0.2, -0.15) is 0 Å². The third kappa shape index (κ3) is 3.72. The van der Waals surface area contributed by atoms with E-state index in [2.05, 4.69) is 10.2 Å². The number of piperazine rings is 1. The van der Waals surface area contributed by atoms with Crippen molar-refractivity contribution in [1.29, 1.82) is 0 Å². The summed E-state index contributed by atoms with van der Waals surface area (Å²) in [5.74, 6) is 0.715. The Morgan fingerprint density at radius 3 is 2.71 bits per heavy atom. The van der Waals surface area contributed by atoms with Crippen molar-refractivity contribution in [2.75, 3.05) is 43.5 Å². The highest BCUT2D eigenvalue weighted by Crippen LogP contribution is 2.35. The van der Waals surface area contributed by atoms with E-state index < -0.39 is 0 Å². The molecule has 2 heterocycles. The van der Waals surface area contributed by atoms with Crippen molar-refractivity contribution in [1.82, 2.24) is 9.88 Å². The van der Waals surface area contributed by atoms with Crippen LogP contribution in [0, 0.1) is 6.92 Å². The molecule has 0 spiro atoms. The van der Waals surface area contributed by atoms with Crippen molar-refractivity contribution in [3.05, 3.63) is 47.0 Å². The van der Waals surface area contributed by atoms with Crippen LogP contribution in [-0.2, 0) is 0 Å². The number of amides is 2. The van der Waals surface area contributed by atoms with Gasteiger partial charge in [-0.15, -0.1) is 0 Å². The van der Waals surface area contributed by atoms with Crippen LogP contribution in [0.1, 0.15) is 5.56 Å². The van der Waals surface area contributed by atoms with Gasteiger partial charge in [-0.3, -0.25) is 0 Å². The summed E-state index contributed by atoms with van der Waals surface area (Å²) in [6.07, 6.45) is 0. The number of carbonyl (C=O) groups is 1. The fraction of sp³-hybridized carbons (Fsp3) is 0.300. The molecule has 4 rings (SSSR count). The second-order valence-electron chi connectivity index (χ2n) is 6.67. The molecule has 1 saturated heterocycles. The fourth-order valence-corrected chi connectivity index (χ4v) is 4.60. The molecule has 1 N–H and O–H groups in total. The minimum Gasteiger partial charge on any atom is -0.497 e. The molecule has 1 aliphatic rings. The average molecular weight is 417 g/mol. The normalized spacial score (nSPS) is 14.4. The molecule has 1 aromatic heterocycles. The van der Waals surface area contributed by atoms with Gasteiger partial charge in [-0.05, 0) is 30.7 Å². The number of ether oxygens (including phenoxy) is 1. The van der Waals surface area contributed by atoms with Crippen LogP contribution in [0.25, 0.3) is 10.2 Å². The molecule has 0 radical (unpaired) electrons. The van der Waals surface area contributed by atoms with Gasteiger partial charge >= 0.3 is 6.03 Å². The van der Waals surface area contributed by atoms with E-state index in [9.17, 15) is 4.79 Å². The summed E-state index contributed by atoms with van der Waals surface area (Å²) in [6, 6.07) is 11.2. The highest BCUT2D eigenvalue weighted by atomic mass is 35.5. The maximum absolute atomic E-state index is 12.6. The number of rotatable bonds is 3. The van der Waals surface area contributed by atoms with E-state index in [1.165, 1.54) is 0 Å². The van der Waals surface area contributed by atoms with E-state index in [4.69, 9.17) is 21.3 Å². The topological polar surface area (TPSA) is 57.7 Å². The number of hydrogen-bond acceptors (Lipinski definition) is 5. The number of halogens is 1. The quantitative estimate of drug-likeness (QED) is 0.676. The molecule has 1 aliphatic heterocycles. The number of thiazole rings is 1. The second-order valence-corrected chi connectivity index (χ2v) is 8.06. The predicted octanol–water partition coefficient (Wildman–Crippen LogP) is 4.62. The number of carbonyl (C=O) groups excluding carboxylic acids is 1. The van der Waals surface area contributed by atoms with Crippen molar-refractivity contribution in [3.8, 4) is 5.75 Å². The molecular formula is C20H21ClN4O2S. The number of fused-ring (bicyclic) bond motifs is 1. The third-order valence-electron chi connectivity index (χ3n) is 4.84. The number of aromatic nitrogens is 1. The molecule has 146 valence electrons. The Labute approximate surface area is 172 Å². The van der Waals surface area contributed by atoms with E-state index in [1.54, 1.807) is 24.5 Å². The van der Waals surface area contributed by atoms with E-state index in [0.717, 1.165) is 44.7 Å². The number of hydrogen-bond donors (Lipinski definition) is 1. The number of aryl methyl sites for hydroxylation is 1. The van der Waals surface area contributed by atoms with Gasteiger partial charge in [-0.1, -0.05) is 35.1 Å². The summed E-state index contributed by atoms with van der Waals surface area (Å²) in [5, 5.41) is 4.63. The lowest BCUT2D eigenvalue weighted by Crippen LogP contribution is -2.50. The first-order valence-corrected chi connectivity index (χ1v) is 10.2. The summed E-state index contributed by atoms with van der Waals surface area (Å²) in [6.45, 7) is 4.80. The van der Waals surface area contributed by atoms with Gasteiger partial charge in [0, 0.05) is 37.9 Å². The summed E-state index contributed by atoms with van der Waals surface area (Å²) < 4.78 is 6.22. The standard InChI is InChI=1S/C20H21ClN4O2S/c1-13-6-7-16(21)18-17(13)23-20(28-18)25-10-8-24(9-11-25)19(26)22-14-4-3-5-15(12-14)27-2/h3-7,12H,8-11H2,1-2H3,(H,22,26). The third-order valence-corrected chi connectivity index (χ3v) is 6.42. The molecule has 0 bridgehead atoms. The number of nitrogens with zero attached hydrogens (tertiary/aromatic N) is 3. The van der Waals surface area contributed by atoms with Crippen LogP contribution >= 0.6 is 22.9 Å². The van der Waals surface area contributed by atoms with Crippen molar-refractivity contribution < 1.29 is 9.53 Å². The van der Waals surface area contributed by atoms with Gasteiger partial charge in [0.25, 0.3) is 0 Å². The fourth-order valence-electron chi connectivity index (χ4n) is 3.23. The molecule has 2 aromatic carbocycles. The van der Waals surface area contributed by atoms with Crippen LogP contribution in [0.2, 0.25) is 5.02 Å². The minimum atomic E-state index is -0.101. The predicted molar refractivity (Wildman–Crippen MR) is 115 cm³/mol. The Kier molecular flexibility index (Phi) is 5.28. The van der Waals surface area contributed by atoms with Gasteiger partial charge in [0.2, 0.25) is 0 Å². The number of nitrogens with one attached hydrogen (secondary N) is 1. The second kappa shape index (κ2) is 7.85. The van der Waals surface area contributed by atoms with Crippen LogP contribution in [0.4, 0.5) is 15.6 Å². The molecular weight excluding hydrogens is 396 g/mol. The molecule has 0 aliphatic carbocycles. The van der Waals surface area contributed by atoms with Gasteiger partial charge in [0.1, 0.15) is 5.75 Å². The molecule has 6 nitrogen and oxygen atoms in total. The molecule has 28 heavy (non-hydrogen) atoms. The summed E-state index contributed by atoms with van der Waals surface area (Å²) in [7, 11) is 1.61. The highest BCUT2D eigenvalue weighted by Gasteiger charge is 2.24. The van der Waals surface area contributed by atoms with Crippen molar-refractivity contribution in [2.45, 2.75) is 6.92 Å². The van der Waals surface area contributed by atoms with Crippen LogP contribution < -0.4 is 15.0 Å². The number of anilines is 2. The van der Waals surface area contributed by atoms with Crippen LogP contribution in [0.15, 0.2) is 36.4 Å². The lowest BCUT2D eigenvalue weighted by atomic mass is 10.2. The summed E-state index contributed by atoms with van der Waals surface area (Å²) >= 11 is 7.94. The first-order valence-electron chi connectivity index (χ1n) is 9.06. The van der Waals surface area contributed by atoms with Gasteiger partial charge in [-0.25, -0.2) is 9.78 Å². The van der Waals surface area contributed by atoms with Crippen LogP contribution in [0.5, 0.6) is 5.75 Å². The molecule has 0 atom stereocenters. The maximum atomic E-state index is 12.6. The van der Waals surface area contributed by atoms with Crippen molar-refractivity contribution >= 4 is 50.0 Å². The van der Waals surface area contributed by atoms with E-state index in [0.29, 0.717) is 18.8 Å². The molecule has 0 unspecified atom stereocenters. The molecule has 2 amide bonds. The lowest BCUT2D eigenvalue weighted by molar-refractivity contribution is 0.208. The smallest absolute Gasteiger partial charge is 0.321 e. The number of benzene rings is 2. The first kappa shape index (κ1) is 18.8. The Morgan fingerprint density at radius 1 is 1.21 bits per heavy atom. The lowest BCUT2D eigenvalue weighted by Gasteiger charge is -2.34. The van der Waals surface area contributed by atoms with Crippen LogP contribution in [0.3, 0.4) is 0 Å². The van der Waals surface area contributed by atoms with Crippen molar-refractivity contribution in [2.24, 2.45) is 0 Å². The largest absolute Gasteiger partial charge is 0.497 e. The average Bonchev–Trinajstić information content (AvgIpc) is 3.18. The first-order chi connectivity index (χ1) is 13.5. The molecule has 0 saturated carbocycles. The number of methoxy groups -OCH3 is 1.